The molecule has 0 bridgehead atoms. The molecule has 5 rings (SSSR count). The van der Waals surface area contributed by atoms with Crippen LogP contribution in [-0.2, 0) is 27.5 Å². The van der Waals surface area contributed by atoms with E-state index >= 15 is 0 Å². The number of ether oxygens (including phenoxy) is 1. The molecule has 4 aliphatic carbocycles. The molecule has 0 aromatic carbocycles. The largest absolute Gasteiger partial charge is 0.463 e. The van der Waals surface area contributed by atoms with Gasteiger partial charge in [-0.15, -0.1) is 11.3 Å². The minimum atomic E-state index is -4.34. The summed E-state index contributed by atoms with van der Waals surface area (Å²) in [4.78, 5) is 16.4. The van der Waals surface area contributed by atoms with Gasteiger partial charge >= 0.3 is 12.1 Å². The molecule has 4 aliphatic rings. The van der Waals surface area contributed by atoms with Crippen molar-refractivity contribution in [3.8, 4) is 0 Å². The number of alkyl halides is 3. The fraction of sp³-hybridized carbons (Fsp3) is 0.826. The predicted octanol–water partition coefficient (Wildman–Crippen LogP) is 6.15. The van der Waals surface area contributed by atoms with E-state index in [9.17, 15) is 18.0 Å². The van der Waals surface area contributed by atoms with Crippen molar-refractivity contribution in [3.05, 3.63) is 15.6 Å². The minimum absolute atomic E-state index is 0.0504. The molecule has 3 fully saturated rings. The van der Waals surface area contributed by atoms with Crippen molar-refractivity contribution in [2.24, 2.45) is 29.1 Å². The Morgan fingerprint density at radius 2 is 1.90 bits per heavy atom. The van der Waals surface area contributed by atoms with Gasteiger partial charge in [0.15, 0.2) is 5.01 Å². The Labute approximate surface area is 179 Å². The highest BCUT2D eigenvalue weighted by atomic mass is 32.1. The third-order valence-corrected chi connectivity index (χ3v) is 10.6. The van der Waals surface area contributed by atoms with Crippen LogP contribution in [0.25, 0.3) is 0 Å². The first-order chi connectivity index (χ1) is 14.0. The number of rotatable bonds is 1. The highest BCUT2D eigenvalue weighted by Gasteiger charge is 2.60. The standard InChI is InChI=1S/C23H30F3NO2S/c1-12(28)29-14-6-8-21(2)13(10-14)4-5-15-16(21)7-9-22(3)17(15)11-18-19(22)30-20(27-18)23(24,25)26/h13-17H,4-11H2,1-3H3/t13-,14-,15+,16-,17-,21-,22-/m0/s1. The van der Waals surface area contributed by atoms with E-state index in [2.05, 4.69) is 18.8 Å². The summed E-state index contributed by atoms with van der Waals surface area (Å²) >= 11 is 0.896. The van der Waals surface area contributed by atoms with E-state index in [4.69, 9.17) is 4.74 Å². The lowest BCUT2D eigenvalue weighted by atomic mass is 9.45. The van der Waals surface area contributed by atoms with E-state index in [0.717, 1.165) is 61.2 Å². The van der Waals surface area contributed by atoms with Gasteiger partial charge in [0, 0.05) is 17.2 Å². The lowest BCUT2D eigenvalue weighted by Crippen LogP contribution is -2.54. The third kappa shape index (κ3) is 2.97. The second-order valence-corrected chi connectivity index (χ2v) is 11.6. The fourth-order valence-corrected chi connectivity index (χ4v) is 9.00. The Hall–Kier alpha value is -1.11. The summed E-state index contributed by atoms with van der Waals surface area (Å²) in [6, 6.07) is 0. The number of aromatic nitrogens is 1. The van der Waals surface area contributed by atoms with Crippen molar-refractivity contribution in [1.29, 1.82) is 0 Å². The lowest BCUT2D eigenvalue weighted by Gasteiger charge is -2.60. The van der Waals surface area contributed by atoms with E-state index in [1.807, 2.05) is 0 Å². The van der Waals surface area contributed by atoms with Crippen LogP contribution in [0.1, 0.15) is 81.3 Å². The molecule has 166 valence electrons. The highest BCUT2D eigenvalue weighted by Crippen LogP contribution is 2.66. The summed E-state index contributed by atoms with van der Waals surface area (Å²) in [5.41, 5.74) is 0.809. The van der Waals surface area contributed by atoms with Crippen LogP contribution in [0.2, 0.25) is 0 Å². The normalized spacial score (nSPS) is 42.7. The zero-order valence-corrected chi connectivity index (χ0v) is 18.7. The maximum atomic E-state index is 13.2. The number of hydrogen-bond acceptors (Lipinski definition) is 4. The SMILES string of the molecule is CC(=O)O[C@H]1CC[C@@]2(C)[C@@H](CC[C@@H]3[C@@H]2CC[C@]2(C)c4sc(C(F)(F)F)nc4C[C@@H]32)C1. The van der Waals surface area contributed by atoms with Crippen molar-refractivity contribution in [2.75, 3.05) is 0 Å². The van der Waals surface area contributed by atoms with Gasteiger partial charge in [0.25, 0.3) is 0 Å². The molecule has 0 spiro atoms. The number of carbonyl (C=O) groups is 1. The molecular formula is C23H30F3NO2S. The van der Waals surface area contributed by atoms with E-state index in [0.29, 0.717) is 35.8 Å². The third-order valence-electron chi connectivity index (χ3n) is 9.21. The van der Waals surface area contributed by atoms with E-state index < -0.39 is 11.2 Å². The van der Waals surface area contributed by atoms with Gasteiger partial charge in [0.05, 0.1) is 5.69 Å². The van der Waals surface area contributed by atoms with Crippen LogP contribution in [0.4, 0.5) is 13.2 Å². The van der Waals surface area contributed by atoms with Gasteiger partial charge in [-0.2, -0.15) is 13.2 Å². The Morgan fingerprint density at radius 3 is 2.60 bits per heavy atom. The maximum absolute atomic E-state index is 13.2. The van der Waals surface area contributed by atoms with Crippen LogP contribution in [0.5, 0.6) is 0 Å². The summed E-state index contributed by atoms with van der Waals surface area (Å²) < 4.78 is 45.2. The fourth-order valence-electron chi connectivity index (χ4n) is 7.80. The summed E-state index contributed by atoms with van der Waals surface area (Å²) in [6.45, 7) is 6.12. The highest BCUT2D eigenvalue weighted by molar-refractivity contribution is 7.12. The Bertz CT molecular complexity index is 867. The van der Waals surface area contributed by atoms with Crippen molar-refractivity contribution in [1.82, 2.24) is 4.98 Å². The number of fused-ring (bicyclic) bond motifs is 7. The van der Waals surface area contributed by atoms with Crippen LogP contribution in [-0.4, -0.2) is 17.1 Å². The van der Waals surface area contributed by atoms with Gasteiger partial charge in [-0.3, -0.25) is 4.79 Å². The molecule has 1 heterocycles. The topological polar surface area (TPSA) is 39.2 Å². The minimum Gasteiger partial charge on any atom is -0.463 e. The van der Waals surface area contributed by atoms with Crippen molar-refractivity contribution < 1.29 is 22.7 Å². The summed E-state index contributed by atoms with van der Waals surface area (Å²) in [7, 11) is 0. The van der Waals surface area contributed by atoms with Crippen LogP contribution in [0.15, 0.2) is 0 Å². The predicted molar refractivity (Wildman–Crippen MR) is 108 cm³/mol. The molecule has 7 heteroatoms. The van der Waals surface area contributed by atoms with Gasteiger partial charge in [-0.25, -0.2) is 4.98 Å². The van der Waals surface area contributed by atoms with E-state index in [1.54, 1.807) is 0 Å². The molecule has 3 nitrogen and oxygen atoms in total. The van der Waals surface area contributed by atoms with Crippen molar-refractivity contribution in [2.45, 2.75) is 89.8 Å². The molecule has 0 aliphatic heterocycles. The van der Waals surface area contributed by atoms with E-state index in [-0.39, 0.29) is 22.9 Å². The first-order valence-electron chi connectivity index (χ1n) is 11.3. The second kappa shape index (κ2) is 6.69. The van der Waals surface area contributed by atoms with Crippen LogP contribution in [0.3, 0.4) is 0 Å². The molecule has 0 radical (unpaired) electrons. The van der Waals surface area contributed by atoms with Crippen LogP contribution >= 0.6 is 11.3 Å². The van der Waals surface area contributed by atoms with Crippen LogP contribution in [0, 0.1) is 29.1 Å². The maximum Gasteiger partial charge on any atom is 0.443 e. The van der Waals surface area contributed by atoms with Gasteiger partial charge in [0.1, 0.15) is 6.10 Å². The molecule has 30 heavy (non-hydrogen) atoms. The van der Waals surface area contributed by atoms with Gasteiger partial charge in [0.2, 0.25) is 0 Å². The van der Waals surface area contributed by atoms with E-state index in [1.165, 1.54) is 6.92 Å². The summed E-state index contributed by atoms with van der Waals surface area (Å²) in [6.07, 6.45) is 3.71. The molecule has 1 aromatic heterocycles. The molecule has 3 saturated carbocycles. The summed E-state index contributed by atoms with van der Waals surface area (Å²) in [5.74, 6) is 1.98. The quantitative estimate of drug-likeness (QED) is 0.491. The average Bonchev–Trinajstić information content (AvgIpc) is 3.19. The molecular weight excluding hydrogens is 411 g/mol. The zero-order chi connectivity index (χ0) is 21.5. The first-order valence-corrected chi connectivity index (χ1v) is 12.1. The molecule has 0 unspecified atom stereocenters. The number of carbonyl (C=O) groups excluding carboxylic acids is 1. The second-order valence-electron chi connectivity index (χ2n) is 10.6. The van der Waals surface area contributed by atoms with Crippen molar-refractivity contribution in [3.63, 3.8) is 0 Å². The molecule has 0 amide bonds. The zero-order valence-electron chi connectivity index (χ0n) is 17.8. The number of esters is 1. The molecule has 7 atom stereocenters. The molecule has 0 N–H and O–H groups in total. The first kappa shape index (κ1) is 20.8. The van der Waals surface area contributed by atoms with Gasteiger partial charge in [-0.05, 0) is 80.5 Å². The number of nitrogens with zero attached hydrogens (tertiary/aromatic N) is 1. The number of thiazole rings is 1. The Kier molecular flexibility index (Phi) is 4.63. The summed E-state index contributed by atoms with van der Waals surface area (Å²) in [5, 5.41) is -0.672. The van der Waals surface area contributed by atoms with Gasteiger partial charge in [-0.1, -0.05) is 13.8 Å². The Morgan fingerprint density at radius 1 is 1.13 bits per heavy atom. The monoisotopic (exact) mass is 441 g/mol. The smallest absolute Gasteiger partial charge is 0.443 e. The average molecular weight is 442 g/mol. The Balaban J connectivity index is 1.39. The lowest BCUT2D eigenvalue weighted by molar-refractivity contribution is -0.157. The van der Waals surface area contributed by atoms with Crippen LogP contribution < -0.4 is 0 Å². The number of halogens is 3. The van der Waals surface area contributed by atoms with Gasteiger partial charge < -0.3 is 4.74 Å². The number of hydrogen-bond donors (Lipinski definition) is 0. The molecule has 0 saturated heterocycles. The molecule has 1 aromatic rings. The van der Waals surface area contributed by atoms with Crippen molar-refractivity contribution >= 4 is 17.3 Å².